The van der Waals surface area contributed by atoms with Crippen LogP contribution in [0.5, 0.6) is 0 Å². The van der Waals surface area contributed by atoms with Gasteiger partial charge in [-0.05, 0) is 42.4 Å². The van der Waals surface area contributed by atoms with Crippen molar-refractivity contribution in [2.24, 2.45) is 11.8 Å². The van der Waals surface area contributed by atoms with Crippen molar-refractivity contribution in [3.63, 3.8) is 0 Å². The van der Waals surface area contributed by atoms with Crippen molar-refractivity contribution in [3.05, 3.63) is 90.0 Å². The summed E-state index contributed by atoms with van der Waals surface area (Å²) in [6.45, 7) is 9.16. The Morgan fingerprint density at radius 3 is 1.69 bits per heavy atom. The van der Waals surface area contributed by atoms with E-state index in [1.54, 1.807) is 0 Å². The zero-order valence-electron chi connectivity index (χ0n) is 21.2. The monoisotopic (exact) mass is 448 g/mol. The third kappa shape index (κ3) is 6.87. The Hall–Kier alpha value is -0.278. The van der Waals surface area contributed by atoms with Crippen LogP contribution < -0.4 is 48.3 Å². The molecular formula is C27H37Li2NPSi+. The normalized spacial score (nSPS) is 23.4. The quantitative estimate of drug-likeness (QED) is 0.483. The topological polar surface area (TPSA) is 14.1 Å². The number of rotatable bonds is 5. The molecule has 4 unspecified atom stereocenters. The molecule has 0 N–H and O–H groups in total. The molecule has 160 valence electrons. The number of benzene rings is 2. The molecule has 0 aromatic heterocycles. The average molecular weight is 449 g/mol. The Bertz CT molecular complexity index is 802. The van der Waals surface area contributed by atoms with Gasteiger partial charge < -0.3 is 4.98 Å². The van der Waals surface area contributed by atoms with E-state index in [4.69, 9.17) is 4.98 Å². The molecule has 2 aliphatic rings. The van der Waals surface area contributed by atoms with Gasteiger partial charge in [0.05, 0.1) is 0 Å². The van der Waals surface area contributed by atoms with Gasteiger partial charge in [-0.15, -0.1) is 0 Å². The Morgan fingerprint density at radius 1 is 0.812 bits per heavy atom. The summed E-state index contributed by atoms with van der Waals surface area (Å²) >= 11 is 0. The predicted octanol–water partition coefficient (Wildman–Crippen LogP) is 1.25. The molecule has 2 aromatic carbocycles. The van der Waals surface area contributed by atoms with E-state index < -0.39 is 8.24 Å². The zero-order chi connectivity index (χ0) is 21.6. The maximum Gasteiger partial charge on any atom is 1.00 e. The zero-order valence-corrected chi connectivity index (χ0v) is 23.1. The summed E-state index contributed by atoms with van der Waals surface area (Å²) in [5.41, 5.74) is 1.42. The standard InChI is InChI=1S/C24H29NPSi.C3H8.2Li/c1-25-27(2,3)24-18-23(21-16-10-11-17-22(21)24)26(19-12-6-4-7-13-19)20-14-8-5-9-15-20;1-3-2;;/h4-17,21-24H,18H2,1-3H3;3H2,1-2H3;;/q-1;;2*+1. The first-order chi connectivity index (χ1) is 14.5. The Labute approximate surface area is 223 Å². The van der Waals surface area contributed by atoms with Gasteiger partial charge in [-0.2, -0.15) is 7.05 Å². The van der Waals surface area contributed by atoms with Crippen LogP contribution in [0.2, 0.25) is 18.6 Å². The number of nitrogens with zero attached hydrogens (tertiary/aromatic N) is 1. The second-order valence-corrected chi connectivity index (χ2v) is 15.9. The molecule has 32 heavy (non-hydrogen) atoms. The van der Waals surface area contributed by atoms with Crippen LogP contribution in [0.1, 0.15) is 26.7 Å². The van der Waals surface area contributed by atoms with Gasteiger partial charge in [-0.1, -0.05) is 132 Å². The summed E-state index contributed by atoms with van der Waals surface area (Å²) in [7, 11) is 0.0790. The minimum atomic E-state index is -1.59. The molecule has 0 radical (unpaired) electrons. The van der Waals surface area contributed by atoms with Gasteiger partial charge in [0.1, 0.15) is 0 Å². The molecule has 4 rings (SSSR count). The second-order valence-electron chi connectivity index (χ2n) is 8.96. The number of fused-ring (bicyclic) bond motifs is 1. The predicted molar refractivity (Wildman–Crippen MR) is 139 cm³/mol. The number of hydrogen-bond donors (Lipinski definition) is 0. The summed E-state index contributed by atoms with van der Waals surface area (Å²) in [6, 6.07) is 22.5. The van der Waals surface area contributed by atoms with Gasteiger partial charge in [-0.25, -0.2) is 0 Å². The van der Waals surface area contributed by atoms with Crippen LogP contribution in [0.15, 0.2) is 85.0 Å². The molecule has 0 saturated heterocycles. The summed E-state index contributed by atoms with van der Waals surface area (Å²) in [6.07, 6.45) is 12.1. The molecule has 0 aliphatic heterocycles. The molecule has 1 fully saturated rings. The fraction of sp³-hybridized carbons (Fsp3) is 0.407. The Morgan fingerprint density at radius 2 is 1.25 bits per heavy atom. The summed E-state index contributed by atoms with van der Waals surface area (Å²) in [4.78, 5) is 4.92. The fourth-order valence-electron chi connectivity index (χ4n) is 4.92. The van der Waals surface area contributed by atoms with Crippen LogP contribution in [-0.2, 0) is 0 Å². The van der Waals surface area contributed by atoms with E-state index >= 15 is 0 Å². The van der Waals surface area contributed by atoms with E-state index in [-0.39, 0.29) is 45.6 Å². The van der Waals surface area contributed by atoms with Crippen molar-refractivity contribution in [3.8, 4) is 0 Å². The molecule has 1 saturated carbocycles. The van der Waals surface area contributed by atoms with Crippen LogP contribution in [0.4, 0.5) is 0 Å². The van der Waals surface area contributed by atoms with Crippen molar-refractivity contribution in [1.29, 1.82) is 0 Å². The molecule has 4 atom stereocenters. The van der Waals surface area contributed by atoms with Crippen molar-refractivity contribution in [2.75, 3.05) is 7.05 Å². The van der Waals surface area contributed by atoms with Gasteiger partial charge >= 0.3 is 37.7 Å². The Kier molecular flexibility index (Phi) is 13.2. The first-order valence-corrected chi connectivity index (χ1v) is 15.8. The summed E-state index contributed by atoms with van der Waals surface area (Å²) < 4.78 is 0. The molecular weight excluding hydrogens is 411 g/mol. The van der Waals surface area contributed by atoms with E-state index in [1.807, 2.05) is 7.05 Å². The summed E-state index contributed by atoms with van der Waals surface area (Å²) in [5.74, 6) is 1.29. The minimum Gasteiger partial charge on any atom is -0.667 e. The van der Waals surface area contributed by atoms with Gasteiger partial charge in [0, 0.05) is 0 Å². The number of hydrogen-bond acceptors (Lipinski definition) is 0. The maximum absolute atomic E-state index is 4.92. The van der Waals surface area contributed by atoms with Gasteiger partial charge in [0.15, 0.2) is 0 Å². The van der Waals surface area contributed by atoms with Crippen LogP contribution >= 0.6 is 7.92 Å². The Balaban J connectivity index is 0.000000971. The SMILES string of the molecule is CCC.C[N-][Si](C)(C)C1CC(P(c2ccccc2)c2ccccc2)C2C=CC=CC21.[Li+].[Li+]. The fourth-order valence-corrected chi connectivity index (χ4v) is 10.7. The number of allylic oxidation sites excluding steroid dienone is 4. The van der Waals surface area contributed by atoms with E-state index in [0.717, 1.165) is 5.54 Å². The molecule has 1 nitrogen and oxygen atoms in total. The molecule has 0 amide bonds. The van der Waals surface area contributed by atoms with Crippen molar-refractivity contribution >= 4 is 26.8 Å². The maximum atomic E-state index is 4.92. The van der Waals surface area contributed by atoms with Crippen LogP contribution in [0.3, 0.4) is 0 Å². The van der Waals surface area contributed by atoms with Gasteiger partial charge in [0.2, 0.25) is 0 Å². The molecule has 5 heteroatoms. The average Bonchev–Trinajstić information content (AvgIpc) is 3.16. The molecule has 2 aliphatic carbocycles. The van der Waals surface area contributed by atoms with Crippen LogP contribution in [0.25, 0.3) is 4.98 Å². The van der Waals surface area contributed by atoms with Gasteiger partial charge in [-0.3, -0.25) is 0 Å². The van der Waals surface area contributed by atoms with E-state index in [0.29, 0.717) is 17.5 Å². The molecule has 0 heterocycles. The van der Waals surface area contributed by atoms with Crippen molar-refractivity contribution < 1.29 is 37.7 Å². The largest absolute Gasteiger partial charge is 1.00 e. The minimum absolute atomic E-state index is 0. The third-order valence-electron chi connectivity index (χ3n) is 6.51. The van der Waals surface area contributed by atoms with Crippen LogP contribution in [-0.4, -0.2) is 20.9 Å². The molecule has 2 aromatic rings. The van der Waals surface area contributed by atoms with E-state index in [2.05, 4.69) is 112 Å². The first-order valence-electron chi connectivity index (χ1n) is 11.4. The van der Waals surface area contributed by atoms with Crippen molar-refractivity contribution in [1.82, 2.24) is 0 Å². The summed E-state index contributed by atoms with van der Waals surface area (Å²) in [5, 5.41) is 3.03. The smallest absolute Gasteiger partial charge is 0.667 e. The molecule has 0 bridgehead atoms. The van der Waals surface area contributed by atoms with E-state index in [9.17, 15) is 0 Å². The first kappa shape index (κ1) is 29.8. The van der Waals surface area contributed by atoms with E-state index in [1.165, 1.54) is 23.5 Å². The van der Waals surface area contributed by atoms with Gasteiger partial charge in [0.25, 0.3) is 0 Å². The third-order valence-corrected chi connectivity index (χ3v) is 13.0. The second kappa shape index (κ2) is 14.2. The van der Waals surface area contributed by atoms with Crippen molar-refractivity contribution in [2.45, 2.75) is 51.0 Å². The molecule has 0 spiro atoms. The van der Waals surface area contributed by atoms with Crippen LogP contribution in [0, 0.1) is 11.8 Å².